The van der Waals surface area contributed by atoms with Crippen molar-refractivity contribution in [2.45, 2.75) is 25.6 Å². The molecule has 0 bridgehead atoms. The van der Waals surface area contributed by atoms with E-state index in [1.807, 2.05) is 25.1 Å². The maximum absolute atomic E-state index is 11.3. The molecular weight excluding hydrogens is 402 g/mol. The maximum atomic E-state index is 11.3. The van der Waals surface area contributed by atoms with E-state index in [2.05, 4.69) is 5.32 Å². The number of benzene rings is 2. The summed E-state index contributed by atoms with van der Waals surface area (Å²) in [5.41, 5.74) is 3.00. The van der Waals surface area contributed by atoms with E-state index in [9.17, 15) is 9.90 Å². The molecule has 8 heteroatoms. The number of carboxylic acids is 1. The summed E-state index contributed by atoms with van der Waals surface area (Å²) < 4.78 is 17.2. The molecule has 0 saturated carbocycles. The molecule has 2 N–H and O–H groups in total. The summed E-state index contributed by atoms with van der Waals surface area (Å²) >= 11 is 11.8. The van der Waals surface area contributed by atoms with Crippen LogP contribution in [0.25, 0.3) is 0 Å². The normalized spacial score (nSPS) is 18.6. The molecule has 6 nitrogen and oxygen atoms in total. The van der Waals surface area contributed by atoms with Crippen molar-refractivity contribution in [2.75, 3.05) is 19.5 Å². The smallest absolute Gasteiger partial charge is 0.306 e. The number of aliphatic carboxylic acids is 1. The summed E-state index contributed by atoms with van der Waals surface area (Å²) in [5.74, 6) is 0.0307. The van der Waals surface area contributed by atoms with Gasteiger partial charge >= 0.3 is 5.97 Å². The number of carbonyl (C=O) groups is 1. The molecule has 2 aromatic carbocycles. The number of methoxy groups -OCH3 is 2. The standard InChI is InChI=1S/C20H20ClNO5S/c1-10-7-14-12(8-13(10)21)18(27-16(9-17(23)24)20(28)22-14)11-5-4-6-15(25-2)19(11)26-3/h4-8,16,18H,9H2,1-3H3,(H,22,28)(H,23,24)/t16-,18-/m0/s1. The fourth-order valence-corrected chi connectivity index (χ4v) is 3.61. The third-order valence-electron chi connectivity index (χ3n) is 4.54. The van der Waals surface area contributed by atoms with Gasteiger partial charge in [0.15, 0.2) is 11.5 Å². The molecular formula is C20H20ClNO5S. The first-order valence-electron chi connectivity index (χ1n) is 8.54. The van der Waals surface area contributed by atoms with E-state index in [1.54, 1.807) is 26.4 Å². The first-order valence-corrected chi connectivity index (χ1v) is 9.33. The van der Waals surface area contributed by atoms with Gasteiger partial charge in [-0.25, -0.2) is 0 Å². The molecule has 1 heterocycles. The number of fused-ring (bicyclic) bond motifs is 1. The third-order valence-corrected chi connectivity index (χ3v) is 5.31. The van der Waals surface area contributed by atoms with Crippen molar-refractivity contribution in [1.29, 1.82) is 0 Å². The molecule has 0 aromatic heterocycles. The number of carboxylic acid groups (broad SMARTS) is 1. The van der Waals surface area contributed by atoms with E-state index in [-0.39, 0.29) is 6.42 Å². The van der Waals surface area contributed by atoms with Crippen molar-refractivity contribution in [1.82, 2.24) is 0 Å². The molecule has 2 aromatic rings. The van der Waals surface area contributed by atoms with Crippen LogP contribution in [0, 0.1) is 6.92 Å². The zero-order valence-electron chi connectivity index (χ0n) is 15.6. The number of hydrogen-bond acceptors (Lipinski definition) is 5. The summed E-state index contributed by atoms with van der Waals surface area (Å²) in [6.45, 7) is 1.88. The average Bonchev–Trinajstić information content (AvgIpc) is 2.78. The van der Waals surface area contributed by atoms with Crippen molar-refractivity contribution in [3.63, 3.8) is 0 Å². The van der Waals surface area contributed by atoms with E-state index in [0.717, 1.165) is 16.8 Å². The number of para-hydroxylation sites is 1. The van der Waals surface area contributed by atoms with Crippen molar-refractivity contribution < 1.29 is 24.1 Å². The monoisotopic (exact) mass is 421 g/mol. The fourth-order valence-electron chi connectivity index (χ4n) is 3.19. The predicted octanol–water partition coefficient (Wildman–Crippen LogP) is 4.37. The van der Waals surface area contributed by atoms with E-state index >= 15 is 0 Å². The van der Waals surface area contributed by atoms with E-state index < -0.39 is 18.2 Å². The minimum absolute atomic E-state index is 0.269. The Kier molecular flexibility index (Phi) is 6.07. The topological polar surface area (TPSA) is 77.0 Å². The fraction of sp³-hybridized carbons (Fsp3) is 0.300. The second-order valence-electron chi connectivity index (χ2n) is 6.36. The number of aryl methyl sites for hydroxylation is 1. The Balaban J connectivity index is 2.21. The molecule has 28 heavy (non-hydrogen) atoms. The first kappa shape index (κ1) is 20.4. The molecule has 0 amide bonds. The molecule has 0 spiro atoms. The van der Waals surface area contributed by atoms with Crippen LogP contribution in [0.3, 0.4) is 0 Å². The lowest BCUT2D eigenvalue weighted by atomic mass is 9.97. The van der Waals surface area contributed by atoms with Gasteiger partial charge < -0.3 is 24.6 Å². The molecule has 1 aliphatic rings. The van der Waals surface area contributed by atoms with Crippen LogP contribution >= 0.6 is 23.8 Å². The van der Waals surface area contributed by atoms with Gasteiger partial charge in [-0.2, -0.15) is 0 Å². The second-order valence-corrected chi connectivity index (χ2v) is 7.21. The van der Waals surface area contributed by atoms with Crippen molar-refractivity contribution in [3.8, 4) is 11.5 Å². The highest BCUT2D eigenvalue weighted by atomic mass is 35.5. The van der Waals surface area contributed by atoms with Crippen LogP contribution in [0.5, 0.6) is 11.5 Å². The number of halogens is 1. The highest BCUT2D eigenvalue weighted by Gasteiger charge is 2.33. The summed E-state index contributed by atoms with van der Waals surface area (Å²) in [7, 11) is 3.09. The van der Waals surface area contributed by atoms with Gasteiger partial charge in [-0.15, -0.1) is 0 Å². The van der Waals surface area contributed by atoms with E-state index in [4.69, 9.17) is 38.0 Å². The average molecular weight is 422 g/mol. The number of hydrogen-bond donors (Lipinski definition) is 2. The van der Waals surface area contributed by atoms with E-state index in [0.29, 0.717) is 27.1 Å². The van der Waals surface area contributed by atoms with Crippen LogP contribution < -0.4 is 14.8 Å². The van der Waals surface area contributed by atoms with Gasteiger partial charge in [-0.05, 0) is 30.7 Å². The Labute approximate surface area is 173 Å². The molecule has 0 fully saturated rings. The molecule has 1 aliphatic heterocycles. The van der Waals surface area contributed by atoms with Gasteiger partial charge in [0.1, 0.15) is 17.2 Å². The second kappa shape index (κ2) is 8.34. The zero-order valence-corrected chi connectivity index (χ0v) is 17.2. The van der Waals surface area contributed by atoms with Crippen LogP contribution in [-0.2, 0) is 9.53 Å². The van der Waals surface area contributed by atoms with Crippen molar-refractivity contribution in [2.24, 2.45) is 0 Å². The summed E-state index contributed by atoms with van der Waals surface area (Å²) in [4.78, 5) is 11.6. The Bertz CT molecular complexity index is 933. The van der Waals surface area contributed by atoms with Crippen LogP contribution in [0.2, 0.25) is 5.02 Å². The predicted molar refractivity (Wildman–Crippen MR) is 111 cm³/mol. The molecule has 0 aliphatic carbocycles. The first-order chi connectivity index (χ1) is 13.3. The number of nitrogens with one attached hydrogen (secondary N) is 1. The summed E-state index contributed by atoms with van der Waals surface area (Å²) in [5, 5.41) is 13.0. The van der Waals surface area contributed by atoms with Crippen LogP contribution in [-0.4, -0.2) is 36.4 Å². The highest BCUT2D eigenvalue weighted by molar-refractivity contribution is 7.80. The molecule has 0 radical (unpaired) electrons. The number of ether oxygens (including phenoxy) is 3. The maximum Gasteiger partial charge on any atom is 0.306 e. The van der Waals surface area contributed by atoms with Crippen molar-refractivity contribution in [3.05, 3.63) is 52.0 Å². The minimum Gasteiger partial charge on any atom is -0.493 e. The molecule has 148 valence electrons. The van der Waals surface area contributed by atoms with Gasteiger partial charge in [0.2, 0.25) is 0 Å². The molecule has 2 atom stereocenters. The Morgan fingerprint density at radius 1 is 1.29 bits per heavy atom. The van der Waals surface area contributed by atoms with Crippen LogP contribution in [0.1, 0.15) is 29.2 Å². The van der Waals surface area contributed by atoms with Crippen LogP contribution in [0.15, 0.2) is 30.3 Å². The van der Waals surface area contributed by atoms with Gasteiger partial charge in [0.25, 0.3) is 0 Å². The third kappa shape index (κ3) is 3.92. The summed E-state index contributed by atoms with van der Waals surface area (Å²) in [6.07, 6.45) is -1.75. The minimum atomic E-state index is -1.01. The van der Waals surface area contributed by atoms with Crippen LogP contribution in [0.4, 0.5) is 5.69 Å². The Morgan fingerprint density at radius 3 is 2.68 bits per heavy atom. The van der Waals surface area contributed by atoms with Gasteiger partial charge in [-0.1, -0.05) is 36.0 Å². The van der Waals surface area contributed by atoms with Gasteiger partial charge in [0, 0.05) is 21.8 Å². The van der Waals surface area contributed by atoms with Gasteiger partial charge in [-0.3, -0.25) is 4.79 Å². The lowest BCUT2D eigenvalue weighted by molar-refractivity contribution is -0.139. The quantitative estimate of drug-likeness (QED) is 0.694. The van der Waals surface area contributed by atoms with Crippen molar-refractivity contribution >= 4 is 40.5 Å². The zero-order chi connectivity index (χ0) is 20.4. The molecule has 0 saturated heterocycles. The Hall–Kier alpha value is -2.35. The lowest BCUT2D eigenvalue weighted by Crippen LogP contribution is -2.30. The lowest BCUT2D eigenvalue weighted by Gasteiger charge is -2.24. The number of rotatable bonds is 5. The number of thiocarbonyl (C=S) groups is 1. The molecule has 3 rings (SSSR count). The Morgan fingerprint density at radius 2 is 2.04 bits per heavy atom. The van der Waals surface area contributed by atoms with E-state index in [1.165, 1.54) is 0 Å². The molecule has 0 unspecified atom stereocenters. The highest BCUT2D eigenvalue weighted by Crippen LogP contribution is 2.44. The summed E-state index contributed by atoms with van der Waals surface area (Å²) in [6, 6.07) is 9.11. The largest absolute Gasteiger partial charge is 0.493 e. The van der Waals surface area contributed by atoms with Gasteiger partial charge in [0.05, 0.1) is 20.6 Å². The number of anilines is 1. The SMILES string of the molecule is COc1cccc([C@@H]2O[C@@H](CC(=O)O)C(=S)Nc3cc(C)c(Cl)cc32)c1OC.